The van der Waals surface area contributed by atoms with E-state index in [4.69, 9.17) is 0 Å². The van der Waals surface area contributed by atoms with Crippen molar-refractivity contribution in [3.05, 3.63) is 104 Å². The lowest BCUT2D eigenvalue weighted by molar-refractivity contribution is -0.139. The Bertz CT molecular complexity index is 1720. The Morgan fingerprint density at radius 2 is 1.69 bits per heavy atom. The second-order valence-electron chi connectivity index (χ2n) is 8.35. The van der Waals surface area contributed by atoms with Crippen molar-refractivity contribution < 1.29 is 37.0 Å². The SMILES string of the molecule is Cn1ccc(=O)n(-c2cccc3c(C[C@H](NC(=O)c4c(F)ccc(OC(F)F)c4F)C(=O)O)cccc23)c1=O. The summed E-state index contributed by atoms with van der Waals surface area (Å²) < 4.78 is 60.0. The van der Waals surface area contributed by atoms with E-state index in [-0.39, 0.29) is 12.1 Å². The molecule has 13 heteroatoms. The number of alkyl halides is 2. The number of carbonyl (C=O) groups excluding carboxylic acids is 1. The molecule has 0 bridgehead atoms. The first-order chi connectivity index (χ1) is 18.5. The normalized spacial score (nSPS) is 11.9. The number of nitrogens with one attached hydrogen (secondary N) is 1. The van der Waals surface area contributed by atoms with Crippen LogP contribution in [0.4, 0.5) is 17.6 Å². The lowest BCUT2D eigenvalue weighted by Crippen LogP contribution is -2.43. The van der Waals surface area contributed by atoms with Crippen molar-refractivity contribution in [2.75, 3.05) is 0 Å². The van der Waals surface area contributed by atoms with Crippen molar-refractivity contribution in [3.63, 3.8) is 0 Å². The van der Waals surface area contributed by atoms with E-state index in [2.05, 4.69) is 4.74 Å². The second kappa shape index (κ2) is 10.8. The third-order valence-electron chi connectivity index (χ3n) is 5.91. The molecule has 9 nitrogen and oxygen atoms in total. The van der Waals surface area contributed by atoms with Gasteiger partial charge in [0.05, 0.1) is 5.69 Å². The van der Waals surface area contributed by atoms with Crippen molar-refractivity contribution in [2.45, 2.75) is 19.1 Å². The van der Waals surface area contributed by atoms with Gasteiger partial charge in [-0.2, -0.15) is 8.78 Å². The summed E-state index contributed by atoms with van der Waals surface area (Å²) in [7, 11) is 1.47. The van der Waals surface area contributed by atoms with Crippen molar-refractivity contribution in [3.8, 4) is 11.4 Å². The van der Waals surface area contributed by atoms with E-state index in [1.807, 2.05) is 5.32 Å². The Morgan fingerprint density at radius 3 is 2.38 bits per heavy atom. The van der Waals surface area contributed by atoms with Gasteiger partial charge in [-0.3, -0.25) is 9.59 Å². The second-order valence-corrected chi connectivity index (χ2v) is 8.35. The quantitative estimate of drug-likeness (QED) is 0.329. The molecule has 1 atom stereocenters. The van der Waals surface area contributed by atoms with Crippen LogP contribution < -0.4 is 21.3 Å². The molecule has 1 amide bonds. The number of hydrogen-bond acceptors (Lipinski definition) is 5. The van der Waals surface area contributed by atoms with Gasteiger partial charge in [-0.05, 0) is 29.1 Å². The first-order valence-electron chi connectivity index (χ1n) is 11.3. The number of amides is 1. The third-order valence-corrected chi connectivity index (χ3v) is 5.91. The van der Waals surface area contributed by atoms with Gasteiger partial charge in [0.25, 0.3) is 11.5 Å². The van der Waals surface area contributed by atoms with Gasteiger partial charge in [0, 0.05) is 31.1 Å². The van der Waals surface area contributed by atoms with Gasteiger partial charge in [0.2, 0.25) is 0 Å². The highest BCUT2D eigenvalue weighted by molar-refractivity contribution is 5.98. The van der Waals surface area contributed by atoms with Crippen LogP contribution in [-0.2, 0) is 18.3 Å². The van der Waals surface area contributed by atoms with Crippen LogP contribution in [0.3, 0.4) is 0 Å². The van der Waals surface area contributed by atoms with E-state index in [1.165, 1.54) is 29.9 Å². The summed E-state index contributed by atoms with van der Waals surface area (Å²) in [5.41, 5.74) is -1.90. The number of ether oxygens (including phenoxy) is 1. The van der Waals surface area contributed by atoms with Crippen molar-refractivity contribution in [2.24, 2.45) is 7.05 Å². The van der Waals surface area contributed by atoms with Crippen LogP contribution in [0, 0.1) is 11.6 Å². The van der Waals surface area contributed by atoms with Gasteiger partial charge in [-0.25, -0.2) is 22.9 Å². The number of carboxylic acids is 1. The van der Waals surface area contributed by atoms with Crippen molar-refractivity contribution >= 4 is 22.6 Å². The summed E-state index contributed by atoms with van der Waals surface area (Å²) in [5.74, 6) is -7.28. The lowest BCUT2D eigenvalue weighted by Gasteiger charge is -2.18. The van der Waals surface area contributed by atoms with Crippen LogP contribution in [0.5, 0.6) is 5.75 Å². The minimum Gasteiger partial charge on any atom is -0.480 e. The van der Waals surface area contributed by atoms with Gasteiger partial charge < -0.3 is 19.7 Å². The van der Waals surface area contributed by atoms with Crippen molar-refractivity contribution in [1.29, 1.82) is 0 Å². The molecule has 202 valence electrons. The number of benzene rings is 3. The molecule has 4 rings (SSSR count). The molecule has 0 aliphatic rings. The highest BCUT2D eigenvalue weighted by Crippen LogP contribution is 2.27. The topological polar surface area (TPSA) is 120 Å². The fraction of sp³-hybridized carbons (Fsp3) is 0.154. The molecule has 3 aromatic carbocycles. The van der Waals surface area contributed by atoms with Gasteiger partial charge >= 0.3 is 18.3 Å². The molecular formula is C26H19F4N3O6. The zero-order valence-corrected chi connectivity index (χ0v) is 20.0. The third kappa shape index (κ3) is 5.37. The summed E-state index contributed by atoms with van der Waals surface area (Å²) in [6.45, 7) is -3.45. The molecule has 2 N–H and O–H groups in total. The fourth-order valence-corrected chi connectivity index (χ4v) is 4.10. The molecule has 0 saturated heterocycles. The first kappa shape index (κ1) is 27.1. The lowest BCUT2D eigenvalue weighted by atomic mass is 9.97. The fourth-order valence-electron chi connectivity index (χ4n) is 4.10. The highest BCUT2D eigenvalue weighted by Gasteiger charge is 2.28. The van der Waals surface area contributed by atoms with E-state index < -0.39 is 58.7 Å². The number of aliphatic carboxylic acids is 1. The average molecular weight is 545 g/mol. The van der Waals surface area contributed by atoms with Crippen LogP contribution in [0.2, 0.25) is 0 Å². The predicted octanol–water partition coefficient (Wildman–Crippen LogP) is 2.99. The maximum atomic E-state index is 14.6. The minimum atomic E-state index is -3.45. The smallest absolute Gasteiger partial charge is 0.387 e. The summed E-state index contributed by atoms with van der Waals surface area (Å²) in [6, 6.07) is 9.99. The summed E-state index contributed by atoms with van der Waals surface area (Å²) in [5, 5.41) is 12.6. The minimum absolute atomic E-state index is 0.233. The Kier molecular flexibility index (Phi) is 7.51. The number of carbonyl (C=O) groups is 2. The zero-order valence-electron chi connectivity index (χ0n) is 20.0. The summed E-state index contributed by atoms with van der Waals surface area (Å²) >= 11 is 0. The maximum absolute atomic E-state index is 14.6. The summed E-state index contributed by atoms with van der Waals surface area (Å²) in [4.78, 5) is 49.8. The van der Waals surface area contributed by atoms with Crippen LogP contribution in [-0.4, -0.2) is 38.8 Å². The molecule has 39 heavy (non-hydrogen) atoms. The first-order valence-corrected chi connectivity index (χ1v) is 11.3. The van der Waals surface area contributed by atoms with E-state index >= 15 is 0 Å². The monoisotopic (exact) mass is 545 g/mol. The van der Waals surface area contributed by atoms with Gasteiger partial charge in [0.15, 0.2) is 11.6 Å². The van der Waals surface area contributed by atoms with Gasteiger partial charge in [0.1, 0.15) is 17.4 Å². The van der Waals surface area contributed by atoms with Gasteiger partial charge in [-0.15, -0.1) is 0 Å². The van der Waals surface area contributed by atoms with E-state index in [1.54, 1.807) is 30.3 Å². The van der Waals surface area contributed by atoms with Crippen LogP contribution in [0.25, 0.3) is 16.5 Å². The molecule has 0 fully saturated rings. The molecule has 1 aromatic heterocycles. The molecule has 0 saturated carbocycles. The molecule has 4 aromatic rings. The number of fused-ring (bicyclic) bond motifs is 1. The van der Waals surface area contributed by atoms with E-state index in [9.17, 15) is 41.8 Å². The van der Waals surface area contributed by atoms with Crippen LogP contribution >= 0.6 is 0 Å². The van der Waals surface area contributed by atoms with Crippen LogP contribution in [0.15, 0.2) is 70.4 Å². The van der Waals surface area contributed by atoms with Gasteiger partial charge in [-0.1, -0.05) is 30.3 Å². The Labute approximate surface area is 216 Å². The highest BCUT2D eigenvalue weighted by atomic mass is 19.3. The number of hydrogen-bond donors (Lipinski definition) is 2. The number of carboxylic acid groups (broad SMARTS) is 1. The molecule has 0 aliphatic heterocycles. The number of aromatic nitrogens is 2. The predicted molar refractivity (Wildman–Crippen MR) is 130 cm³/mol. The number of rotatable bonds is 8. The molecule has 1 heterocycles. The average Bonchev–Trinajstić information content (AvgIpc) is 2.88. The number of aryl methyl sites for hydroxylation is 1. The number of nitrogens with zero attached hydrogens (tertiary/aromatic N) is 2. The molecule has 0 unspecified atom stereocenters. The van der Waals surface area contributed by atoms with E-state index in [0.717, 1.165) is 4.57 Å². The van der Waals surface area contributed by atoms with E-state index in [0.29, 0.717) is 28.5 Å². The molecule has 0 aliphatic carbocycles. The Hall–Kier alpha value is -4.94. The number of halogens is 4. The molecule has 0 radical (unpaired) electrons. The Morgan fingerprint density at radius 1 is 1.00 bits per heavy atom. The Balaban J connectivity index is 1.72. The zero-order chi connectivity index (χ0) is 28.4. The molecular weight excluding hydrogens is 526 g/mol. The van der Waals surface area contributed by atoms with Crippen molar-refractivity contribution in [1.82, 2.24) is 14.5 Å². The molecule has 0 spiro atoms. The van der Waals surface area contributed by atoms with Crippen LogP contribution in [0.1, 0.15) is 15.9 Å². The summed E-state index contributed by atoms with van der Waals surface area (Å²) in [6.07, 6.45) is 0.943. The maximum Gasteiger partial charge on any atom is 0.387 e. The standard InChI is InChI=1S/C26H19F4N3O6/c1-32-11-10-20(34)33(26(32)38)18-7-3-5-14-13(4-2-6-15(14)18)12-17(24(36)37)31-23(35)21-16(27)8-9-19(22(21)28)39-25(29)30/h2-11,17,25H,12H2,1H3,(H,31,35)(H,36,37)/t17-/m0/s1. The largest absolute Gasteiger partial charge is 0.480 e.